The lowest BCUT2D eigenvalue weighted by molar-refractivity contribution is -0.0502. The Morgan fingerprint density at radius 2 is 1.35 bits per heavy atom. The molecule has 0 fully saturated rings. The smallest absolute Gasteiger partial charge is 0.104 e. The first-order valence-corrected chi connectivity index (χ1v) is 12.9. The number of hydrogen-bond acceptors (Lipinski definition) is 3. The van der Waals surface area contributed by atoms with Gasteiger partial charge in [0.2, 0.25) is 0 Å². The zero-order valence-corrected chi connectivity index (χ0v) is 20.1. The molecule has 0 heterocycles. The molecule has 1 unspecified atom stereocenters. The predicted molar refractivity (Wildman–Crippen MR) is 132 cm³/mol. The molecule has 0 radical (unpaired) electrons. The molecular weight excluding hydrogens is 384 g/mol. The van der Waals surface area contributed by atoms with Gasteiger partial charge in [0.25, 0.3) is 0 Å². The van der Waals surface area contributed by atoms with Crippen molar-refractivity contribution in [3.63, 3.8) is 0 Å². The molecule has 0 aliphatic heterocycles. The topological polar surface area (TPSA) is 38.7 Å². The largest absolute Gasteiger partial charge is 0.394 e. The van der Waals surface area contributed by atoms with Crippen molar-refractivity contribution in [2.24, 2.45) is 0 Å². The van der Waals surface area contributed by atoms with E-state index in [1.165, 1.54) is 83.5 Å². The molecule has 1 aromatic rings. The SMILES string of the molecule is CCCCCCCCC=CCCCCCCCCOCC(CO)OCc1ccccc1. The molecule has 3 nitrogen and oxygen atoms in total. The third kappa shape index (κ3) is 18.1. The summed E-state index contributed by atoms with van der Waals surface area (Å²) < 4.78 is 11.4. The second kappa shape index (κ2) is 22.0. The van der Waals surface area contributed by atoms with E-state index in [1.807, 2.05) is 30.3 Å². The molecule has 0 spiro atoms. The molecule has 1 N–H and O–H groups in total. The number of allylic oxidation sites excluding steroid dienone is 2. The Morgan fingerprint density at radius 1 is 0.774 bits per heavy atom. The first-order chi connectivity index (χ1) is 15.4. The molecule has 0 aliphatic carbocycles. The van der Waals surface area contributed by atoms with E-state index in [9.17, 15) is 5.11 Å². The normalized spacial score (nSPS) is 12.6. The number of ether oxygens (including phenoxy) is 2. The fourth-order valence-electron chi connectivity index (χ4n) is 3.61. The lowest BCUT2D eigenvalue weighted by Gasteiger charge is -2.15. The minimum atomic E-state index is -0.241. The average Bonchev–Trinajstić information content (AvgIpc) is 2.81. The lowest BCUT2D eigenvalue weighted by Crippen LogP contribution is -2.24. The van der Waals surface area contributed by atoms with E-state index in [4.69, 9.17) is 9.47 Å². The van der Waals surface area contributed by atoms with Gasteiger partial charge in [0.15, 0.2) is 0 Å². The van der Waals surface area contributed by atoms with Gasteiger partial charge >= 0.3 is 0 Å². The number of hydrogen-bond donors (Lipinski definition) is 1. The van der Waals surface area contributed by atoms with Gasteiger partial charge in [0.05, 0.1) is 19.8 Å². The van der Waals surface area contributed by atoms with Crippen molar-refractivity contribution >= 4 is 0 Å². The van der Waals surface area contributed by atoms with Gasteiger partial charge in [-0.25, -0.2) is 0 Å². The summed E-state index contributed by atoms with van der Waals surface area (Å²) in [6.07, 6.45) is 23.0. The van der Waals surface area contributed by atoms with Gasteiger partial charge in [0.1, 0.15) is 6.10 Å². The standard InChI is InChI=1S/C28H48O3/c1-2-3-4-5-6-7-8-9-10-11-12-13-14-15-16-20-23-30-26-28(24-29)31-25-27-21-18-17-19-22-27/h9-10,17-19,21-22,28-29H,2-8,11-16,20,23-26H2,1H3. The van der Waals surface area contributed by atoms with Crippen LogP contribution in [0.3, 0.4) is 0 Å². The van der Waals surface area contributed by atoms with E-state index in [0.717, 1.165) is 18.6 Å². The summed E-state index contributed by atoms with van der Waals surface area (Å²) in [5.41, 5.74) is 1.12. The summed E-state index contributed by atoms with van der Waals surface area (Å²) in [5, 5.41) is 9.44. The highest BCUT2D eigenvalue weighted by Crippen LogP contribution is 2.10. The second-order valence-electron chi connectivity index (χ2n) is 8.61. The number of unbranched alkanes of at least 4 members (excludes halogenated alkanes) is 12. The highest BCUT2D eigenvalue weighted by Gasteiger charge is 2.08. The van der Waals surface area contributed by atoms with Gasteiger partial charge in [-0.05, 0) is 37.7 Å². The van der Waals surface area contributed by atoms with E-state index in [1.54, 1.807) is 0 Å². The van der Waals surface area contributed by atoms with Gasteiger partial charge in [-0.15, -0.1) is 0 Å². The molecule has 31 heavy (non-hydrogen) atoms. The van der Waals surface area contributed by atoms with Gasteiger partial charge in [-0.3, -0.25) is 0 Å². The van der Waals surface area contributed by atoms with Crippen molar-refractivity contribution in [2.45, 2.75) is 110 Å². The predicted octanol–water partition coefficient (Wildman–Crippen LogP) is 7.62. The van der Waals surface area contributed by atoms with Gasteiger partial charge in [-0.2, -0.15) is 0 Å². The first kappa shape index (κ1) is 27.9. The zero-order valence-electron chi connectivity index (χ0n) is 20.1. The van der Waals surface area contributed by atoms with Crippen molar-refractivity contribution in [3.8, 4) is 0 Å². The van der Waals surface area contributed by atoms with Crippen molar-refractivity contribution in [3.05, 3.63) is 48.0 Å². The Morgan fingerprint density at radius 3 is 1.97 bits per heavy atom. The average molecular weight is 433 g/mol. The number of rotatable bonds is 22. The van der Waals surface area contributed by atoms with Crippen LogP contribution >= 0.6 is 0 Å². The van der Waals surface area contributed by atoms with Crippen LogP contribution in [0.5, 0.6) is 0 Å². The van der Waals surface area contributed by atoms with Crippen LogP contribution in [0.4, 0.5) is 0 Å². The zero-order chi connectivity index (χ0) is 22.2. The molecular formula is C28H48O3. The van der Waals surface area contributed by atoms with Crippen LogP contribution in [0.25, 0.3) is 0 Å². The van der Waals surface area contributed by atoms with Crippen LogP contribution in [0.1, 0.15) is 102 Å². The van der Waals surface area contributed by atoms with Crippen molar-refractivity contribution in [1.82, 2.24) is 0 Å². The third-order valence-corrected chi connectivity index (χ3v) is 5.64. The minimum Gasteiger partial charge on any atom is -0.394 e. The van der Waals surface area contributed by atoms with E-state index in [-0.39, 0.29) is 12.7 Å². The molecule has 1 atom stereocenters. The molecule has 3 heteroatoms. The van der Waals surface area contributed by atoms with Crippen LogP contribution in [-0.2, 0) is 16.1 Å². The molecule has 0 saturated carbocycles. The number of aliphatic hydroxyl groups is 1. The van der Waals surface area contributed by atoms with Crippen molar-refractivity contribution < 1.29 is 14.6 Å². The molecule has 0 aliphatic rings. The first-order valence-electron chi connectivity index (χ1n) is 12.9. The maximum absolute atomic E-state index is 9.44. The van der Waals surface area contributed by atoms with Crippen LogP contribution in [0.2, 0.25) is 0 Å². The van der Waals surface area contributed by atoms with E-state index >= 15 is 0 Å². The molecule has 1 aromatic carbocycles. The van der Waals surface area contributed by atoms with Crippen LogP contribution in [0.15, 0.2) is 42.5 Å². The number of aliphatic hydroxyl groups excluding tert-OH is 1. The minimum absolute atomic E-state index is 0.000237. The molecule has 0 bridgehead atoms. The maximum Gasteiger partial charge on any atom is 0.104 e. The lowest BCUT2D eigenvalue weighted by atomic mass is 10.1. The highest BCUT2D eigenvalue weighted by atomic mass is 16.5. The Labute approximate surface area is 192 Å². The summed E-state index contributed by atoms with van der Waals surface area (Å²) in [7, 11) is 0. The highest BCUT2D eigenvalue weighted by molar-refractivity contribution is 5.13. The maximum atomic E-state index is 9.44. The summed E-state index contributed by atoms with van der Waals surface area (Å²) in [4.78, 5) is 0. The van der Waals surface area contributed by atoms with E-state index in [0.29, 0.717) is 13.2 Å². The molecule has 1 rings (SSSR count). The summed E-state index contributed by atoms with van der Waals surface area (Å²) >= 11 is 0. The molecule has 0 amide bonds. The van der Waals surface area contributed by atoms with E-state index < -0.39 is 0 Å². The van der Waals surface area contributed by atoms with Gasteiger partial charge in [-0.1, -0.05) is 107 Å². The van der Waals surface area contributed by atoms with Gasteiger partial charge < -0.3 is 14.6 Å². The van der Waals surface area contributed by atoms with E-state index in [2.05, 4.69) is 19.1 Å². The van der Waals surface area contributed by atoms with Crippen molar-refractivity contribution in [2.75, 3.05) is 19.8 Å². The quantitative estimate of drug-likeness (QED) is 0.151. The third-order valence-electron chi connectivity index (χ3n) is 5.64. The fraction of sp³-hybridized carbons (Fsp3) is 0.714. The van der Waals surface area contributed by atoms with Crippen LogP contribution in [-0.4, -0.2) is 31.0 Å². The Balaban J connectivity index is 1.82. The van der Waals surface area contributed by atoms with Gasteiger partial charge in [0, 0.05) is 6.61 Å². The fourth-order valence-corrected chi connectivity index (χ4v) is 3.61. The molecule has 178 valence electrons. The Kier molecular flexibility index (Phi) is 19.8. The Bertz CT molecular complexity index is 500. The molecule has 0 aromatic heterocycles. The Hall–Kier alpha value is -1.16. The van der Waals surface area contributed by atoms with Crippen molar-refractivity contribution in [1.29, 1.82) is 0 Å². The summed E-state index contributed by atoms with van der Waals surface area (Å²) in [6.45, 7) is 4.02. The summed E-state index contributed by atoms with van der Waals surface area (Å²) in [5.74, 6) is 0. The monoisotopic (exact) mass is 432 g/mol. The second-order valence-corrected chi connectivity index (χ2v) is 8.61. The number of benzene rings is 1. The van der Waals surface area contributed by atoms with Crippen LogP contribution < -0.4 is 0 Å². The molecule has 0 saturated heterocycles. The van der Waals surface area contributed by atoms with Crippen LogP contribution in [0, 0.1) is 0 Å². The summed E-state index contributed by atoms with van der Waals surface area (Å²) in [6, 6.07) is 10.0.